The molecule has 0 radical (unpaired) electrons. The van der Waals surface area contributed by atoms with Gasteiger partial charge in [0.2, 0.25) is 0 Å². The molecular weight excluding hydrogens is 991 g/mol. The van der Waals surface area contributed by atoms with E-state index in [1.807, 2.05) is 146 Å². The van der Waals surface area contributed by atoms with Crippen LogP contribution in [-0.2, 0) is 32.7 Å². The predicted molar refractivity (Wildman–Crippen MR) is 327 cm³/mol. The minimum Gasteiger partial charge on any atom is -0.334 e. The summed E-state index contributed by atoms with van der Waals surface area (Å²) in [5.74, 6) is -0.216. The fraction of sp³-hybridized carbons (Fsp3) is 0.500. The summed E-state index contributed by atoms with van der Waals surface area (Å²) in [6.07, 6.45) is 20.7. The summed E-state index contributed by atoms with van der Waals surface area (Å²) >= 11 is 0. The quantitative estimate of drug-likeness (QED) is 0.0542. The Morgan fingerprint density at radius 2 is 0.375 bits per heavy atom. The SMILES string of the molecule is CCCCCCN1Cc2ccc(cc2)C(=O)N(CCCCCC)Cc2ccc(cc2)C(=O)N(CCCCCC)Cc2ccc(cc2)C(=O)N(CCCCCC)Cc2ccc(cc2)C(=O)N(CCCCCC)Cc2ccc(cc2)C1=O. The molecule has 5 aromatic rings. The number of benzene rings is 5. The molecule has 5 aromatic carbocycles. The third-order valence-electron chi connectivity index (χ3n) is 15.7. The van der Waals surface area contributed by atoms with Crippen molar-refractivity contribution in [3.8, 4) is 0 Å². The van der Waals surface area contributed by atoms with E-state index in [1.54, 1.807) is 0 Å². The number of amides is 5. The van der Waals surface area contributed by atoms with E-state index in [1.165, 1.54) is 0 Å². The molecule has 6 aliphatic heterocycles. The average Bonchev–Trinajstić information content (AvgIpc) is 3.50. The Balaban J connectivity index is 1.35. The van der Waals surface area contributed by atoms with E-state index in [2.05, 4.69) is 34.6 Å². The van der Waals surface area contributed by atoms with Gasteiger partial charge in [-0.1, -0.05) is 192 Å². The summed E-state index contributed by atoms with van der Waals surface area (Å²) in [5.41, 5.74) is 7.80. The highest BCUT2D eigenvalue weighted by atomic mass is 16.2. The van der Waals surface area contributed by atoms with Crippen LogP contribution in [0, 0.1) is 0 Å². The van der Waals surface area contributed by atoms with Gasteiger partial charge in [0.1, 0.15) is 0 Å². The highest BCUT2D eigenvalue weighted by Gasteiger charge is 2.23. The van der Waals surface area contributed by atoms with Gasteiger partial charge in [-0.3, -0.25) is 24.0 Å². The maximum atomic E-state index is 14.4. The highest BCUT2D eigenvalue weighted by Crippen LogP contribution is 2.22. The van der Waals surface area contributed by atoms with Crippen molar-refractivity contribution in [2.75, 3.05) is 32.7 Å². The molecule has 10 heteroatoms. The normalized spacial score (nSPS) is 14.3. The lowest BCUT2D eigenvalue weighted by atomic mass is 10.1. The molecular formula is C70H95N5O5. The van der Waals surface area contributed by atoms with Crippen LogP contribution in [0.5, 0.6) is 0 Å². The predicted octanol–water partition coefficient (Wildman–Crippen LogP) is 16.1. The van der Waals surface area contributed by atoms with Crippen LogP contribution >= 0.6 is 0 Å². The molecule has 11 rings (SSSR count). The molecule has 0 saturated carbocycles. The summed E-state index contributed by atoms with van der Waals surface area (Å²) in [5, 5.41) is 0. The molecule has 80 heavy (non-hydrogen) atoms. The molecule has 10 nitrogen and oxygen atoms in total. The van der Waals surface area contributed by atoms with E-state index in [0.29, 0.717) is 93.3 Å². The zero-order chi connectivity index (χ0) is 56.9. The van der Waals surface area contributed by atoms with Crippen LogP contribution in [0.2, 0.25) is 0 Å². The first-order chi connectivity index (χ1) is 39.0. The molecule has 5 amide bonds. The van der Waals surface area contributed by atoms with Gasteiger partial charge in [-0.05, 0) is 121 Å². The van der Waals surface area contributed by atoms with Gasteiger partial charge in [-0.15, -0.1) is 0 Å². The molecule has 0 aromatic heterocycles. The van der Waals surface area contributed by atoms with Crippen LogP contribution in [0.25, 0.3) is 0 Å². The van der Waals surface area contributed by atoms with Crippen molar-refractivity contribution in [3.05, 3.63) is 177 Å². The number of carbonyl (C=O) groups is 5. The maximum absolute atomic E-state index is 14.4. The Labute approximate surface area is 481 Å². The van der Waals surface area contributed by atoms with Crippen molar-refractivity contribution in [1.29, 1.82) is 0 Å². The monoisotopic (exact) mass is 1090 g/mol. The van der Waals surface area contributed by atoms with Gasteiger partial charge in [0.05, 0.1) is 0 Å². The minimum atomic E-state index is -0.0433. The number of rotatable bonds is 25. The molecule has 0 N–H and O–H groups in total. The molecule has 10 bridgehead atoms. The Kier molecular flexibility index (Phi) is 27.1. The first-order valence-corrected chi connectivity index (χ1v) is 31.0. The second-order valence-electron chi connectivity index (χ2n) is 22.4. The second-order valence-corrected chi connectivity index (χ2v) is 22.4. The van der Waals surface area contributed by atoms with Crippen LogP contribution < -0.4 is 0 Å². The molecule has 0 atom stereocenters. The van der Waals surface area contributed by atoms with Crippen molar-refractivity contribution < 1.29 is 24.0 Å². The first-order valence-electron chi connectivity index (χ1n) is 31.0. The lowest BCUT2D eigenvalue weighted by Gasteiger charge is -2.25. The Morgan fingerprint density at radius 1 is 0.225 bits per heavy atom. The van der Waals surface area contributed by atoms with Crippen LogP contribution in [0.1, 0.15) is 243 Å². The number of nitrogens with zero attached hydrogens (tertiary/aromatic N) is 5. The molecule has 0 saturated heterocycles. The van der Waals surface area contributed by atoms with Crippen LogP contribution in [0.3, 0.4) is 0 Å². The summed E-state index contributed by atoms with van der Waals surface area (Å²) in [6.45, 7) is 16.1. The van der Waals surface area contributed by atoms with Crippen molar-refractivity contribution in [2.24, 2.45) is 0 Å². The second kappa shape index (κ2) is 34.6. The van der Waals surface area contributed by atoms with Crippen LogP contribution in [0.4, 0.5) is 0 Å². The maximum Gasteiger partial charge on any atom is 0.254 e. The fourth-order valence-corrected chi connectivity index (χ4v) is 10.7. The van der Waals surface area contributed by atoms with Gasteiger partial charge >= 0.3 is 0 Å². The molecule has 0 spiro atoms. The smallest absolute Gasteiger partial charge is 0.254 e. The van der Waals surface area contributed by atoms with E-state index >= 15 is 0 Å². The molecule has 6 heterocycles. The lowest BCUT2D eigenvalue weighted by molar-refractivity contribution is 0.0728. The van der Waals surface area contributed by atoms with Gasteiger partial charge in [-0.2, -0.15) is 0 Å². The number of fused-ring (bicyclic) bond motifs is 5. The topological polar surface area (TPSA) is 102 Å². The van der Waals surface area contributed by atoms with E-state index in [9.17, 15) is 24.0 Å². The van der Waals surface area contributed by atoms with E-state index in [0.717, 1.165) is 156 Å². The lowest BCUT2D eigenvalue weighted by Crippen LogP contribution is -2.33. The number of hydrogen-bond donors (Lipinski definition) is 0. The summed E-state index contributed by atoms with van der Waals surface area (Å²) in [7, 11) is 0. The highest BCUT2D eigenvalue weighted by molar-refractivity contribution is 5.97. The van der Waals surface area contributed by atoms with E-state index in [-0.39, 0.29) is 29.5 Å². The van der Waals surface area contributed by atoms with Crippen molar-refractivity contribution >= 4 is 29.5 Å². The van der Waals surface area contributed by atoms with Crippen LogP contribution in [-0.4, -0.2) is 86.8 Å². The van der Waals surface area contributed by atoms with Gasteiger partial charge in [0, 0.05) is 93.3 Å². The zero-order valence-electron chi connectivity index (χ0n) is 49.5. The van der Waals surface area contributed by atoms with Crippen molar-refractivity contribution in [1.82, 2.24) is 24.5 Å². The molecule has 430 valence electrons. The zero-order valence-corrected chi connectivity index (χ0v) is 49.5. The van der Waals surface area contributed by atoms with Crippen molar-refractivity contribution in [3.63, 3.8) is 0 Å². The van der Waals surface area contributed by atoms with Crippen LogP contribution in [0.15, 0.2) is 121 Å². The summed E-state index contributed by atoms with van der Waals surface area (Å²) in [6, 6.07) is 38.8. The van der Waals surface area contributed by atoms with Gasteiger partial charge in [-0.25, -0.2) is 0 Å². The number of unbranched alkanes of at least 4 members (excludes halogenated alkanes) is 15. The van der Waals surface area contributed by atoms with E-state index in [4.69, 9.17) is 0 Å². The number of carbonyl (C=O) groups excluding carboxylic acids is 5. The van der Waals surface area contributed by atoms with Gasteiger partial charge < -0.3 is 24.5 Å². The largest absolute Gasteiger partial charge is 0.334 e. The Bertz CT molecular complexity index is 2200. The van der Waals surface area contributed by atoms with Gasteiger partial charge in [0.25, 0.3) is 29.5 Å². The summed E-state index contributed by atoms with van der Waals surface area (Å²) < 4.78 is 0. The minimum absolute atomic E-state index is 0.0433. The van der Waals surface area contributed by atoms with Gasteiger partial charge in [0.15, 0.2) is 0 Å². The molecule has 0 fully saturated rings. The third kappa shape index (κ3) is 19.9. The summed E-state index contributed by atoms with van der Waals surface area (Å²) in [4.78, 5) is 81.8. The molecule has 6 aliphatic rings. The fourth-order valence-electron chi connectivity index (χ4n) is 10.7. The average molecular weight is 1090 g/mol. The Morgan fingerprint density at radius 3 is 0.512 bits per heavy atom. The molecule has 0 aliphatic carbocycles. The third-order valence-corrected chi connectivity index (χ3v) is 15.7. The van der Waals surface area contributed by atoms with E-state index < -0.39 is 0 Å². The standard InChI is InChI=1S/C70H95N5O5/c1-6-11-16-21-46-71-51-56-26-38-62(39-27-56)67(77)73(48-23-18-13-8-3)53-58-30-42-64(43-31-58)69(79)75(50-25-20-15-10-5)55-60-34-44-65(45-35-60)70(80)74(49-24-19-14-9-4)54-59-32-40-63(41-33-59)68(78)72(47-22-17-12-7-2)52-57-28-36-61(37-29-57)66(71)76/h26-45H,6-25,46-55H2,1-5H3. The molecule has 0 unspecified atom stereocenters. The first kappa shape index (κ1) is 62.6. The number of hydrogen-bond acceptors (Lipinski definition) is 5. The van der Waals surface area contributed by atoms with Crippen molar-refractivity contribution in [2.45, 2.75) is 196 Å². The Hall–Kier alpha value is -6.55.